The van der Waals surface area contributed by atoms with Crippen molar-refractivity contribution in [2.45, 2.75) is 25.0 Å². The number of carbonyl (C=O) groups is 3. The van der Waals surface area contributed by atoms with E-state index in [1.165, 1.54) is 4.90 Å². The minimum absolute atomic E-state index is 0.130. The lowest BCUT2D eigenvalue weighted by Gasteiger charge is -2.19. The SMILES string of the molecule is O=C(O)C[C@H](NC(=O)N1CCC(O)C1)C(=O)O. The fourth-order valence-corrected chi connectivity index (χ4v) is 1.54. The molecule has 2 amide bonds. The molecule has 2 atom stereocenters. The lowest BCUT2D eigenvalue weighted by atomic mass is 10.2. The number of nitrogens with zero attached hydrogens (tertiary/aromatic N) is 1. The van der Waals surface area contributed by atoms with Gasteiger partial charge in [0.1, 0.15) is 6.04 Å². The fourth-order valence-electron chi connectivity index (χ4n) is 1.54. The van der Waals surface area contributed by atoms with E-state index in [2.05, 4.69) is 5.32 Å². The van der Waals surface area contributed by atoms with E-state index >= 15 is 0 Å². The van der Waals surface area contributed by atoms with Gasteiger partial charge in [-0.1, -0.05) is 0 Å². The third-order valence-electron chi connectivity index (χ3n) is 2.43. The highest BCUT2D eigenvalue weighted by Crippen LogP contribution is 2.09. The second-order valence-electron chi connectivity index (χ2n) is 3.83. The van der Waals surface area contributed by atoms with Gasteiger partial charge in [0.25, 0.3) is 0 Å². The monoisotopic (exact) mass is 246 g/mol. The second kappa shape index (κ2) is 5.48. The van der Waals surface area contributed by atoms with Crippen molar-refractivity contribution in [3.05, 3.63) is 0 Å². The summed E-state index contributed by atoms with van der Waals surface area (Å²) < 4.78 is 0. The summed E-state index contributed by atoms with van der Waals surface area (Å²) in [5, 5.41) is 28.5. The molecule has 1 unspecified atom stereocenters. The number of carbonyl (C=O) groups excluding carboxylic acids is 1. The zero-order valence-electron chi connectivity index (χ0n) is 9.00. The van der Waals surface area contributed by atoms with E-state index in [0.717, 1.165) is 0 Å². The number of aliphatic carboxylic acids is 2. The van der Waals surface area contributed by atoms with Gasteiger partial charge in [-0.15, -0.1) is 0 Å². The number of carboxylic acid groups (broad SMARTS) is 2. The first kappa shape index (κ1) is 13.2. The quantitative estimate of drug-likeness (QED) is 0.487. The van der Waals surface area contributed by atoms with Crippen molar-refractivity contribution in [3.8, 4) is 0 Å². The molecule has 0 aromatic carbocycles. The molecule has 0 aliphatic carbocycles. The predicted octanol–water partition coefficient (Wildman–Crippen LogP) is -1.31. The largest absolute Gasteiger partial charge is 0.481 e. The molecule has 1 heterocycles. The van der Waals surface area contributed by atoms with Crippen molar-refractivity contribution in [1.29, 1.82) is 0 Å². The molecular weight excluding hydrogens is 232 g/mol. The first-order valence-corrected chi connectivity index (χ1v) is 5.08. The smallest absolute Gasteiger partial charge is 0.326 e. The Morgan fingerprint density at radius 2 is 2.00 bits per heavy atom. The third-order valence-corrected chi connectivity index (χ3v) is 2.43. The molecule has 0 bridgehead atoms. The van der Waals surface area contributed by atoms with E-state index in [1.54, 1.807) is 0 Å². The van der Waals surface area contributed by atoms with Crippen LogP contribution in [-0.4, -0.2) is 63.4 Å². The van der Waals surface area contributed by atoms with E-state index in [4.69, 9.17) is 10.2 Å². The van der Waals surface area contributed by atoms with Crippen LogP contribution in [0.1, 0.15) is 12.8 Å². The molecule has 8 heteroatoms. The summed E-state index contributed by atoms with van der Waals surface area (Å²) >= 11 is 0. The Kier molecular flexibility index (Phi) is 4.27. The zero-order chi connectivity index (χ0) is 13.0. The van der Waals surface area contributed by atoms with Crippen LogP contribution in [0.5, 0.6) is 0 Å². The number of aliphatic hydroxyl groups is 1. The van der Waals surface area contributed by atoms with Crippen LogP contribution in [0.4, 0.5) is 4.79 Å². The Hall–Kier alpha value is -1.83. The molecule has 0 aromatic heterocycles. The number of nitrogens with one attached hydrogen (secondary N) is 1. The molecule has 1 rings (SSSR count). The molecule has 1 aliphatic rings. The summed E-state index contributed by atoms with van der Waals surface area (Å²) in [5.41, 5.74) is 0. The van der Waals surface area contributed by atoms with Crippen molar-refractivity contribution >= 4 is 18.0 Å². The molecule has 8 nitrogen and oxygen atoms in total. The summed E-state index contributed by atoms with van der Waals surface area (Å²) in [6.07, 6.45) is -0.856. The molecule has 0 aromatic rings. The highest BCUT2D eigenvalue weighted by atomic mass is 16.4. The molecular formula is C9H14N2O6. The summed E-state index contributed by atoms with van der Waals surface area (Å²) in [6, 6.07) is -2.13. The highest BCUT2D eigenvalue weighted by molar-refractivity contribution is 5.86. The number of aliphatic hydroxyl groups excluding tert-OH is 1. The molecule has 4 N–H and O–H groups in total. The van der Waals surface area contributed by atoms with E-state index in [-0.39, 0.29) is 6.54 Å². The van der Waals surface area contributed by atoms with Gasteiger partial charge < -0.3 is 25.5 Å². The molecule has 1 aliphatic heterocycles. The summed E-state index contributed by atoms with van der Waals surface area (Å²) in [7, 11) is 0. The summed E-state index contributed by atoms with van der Waals surface area (Å²) in [4.78, 5) is 33.9. The van der Waals surface area contributed by atoms with Crippen LogP contribution < -0.4 is 5.32 Å². The van der Waals surface area contributed by atoms with Gasteiger partial charge in [-0.25, -0.2) is 9.59 Å². The highest BCUT2D eigenvalue weighted by Gasteiger charge is 2.29. The zero-order valence-corrected chi connectivity index (χ0v) is 9.00. The maximum atomic E-state index is 11.5. The number of likely N-dealkylation sites (tertiary alicyclic amines) is 1. The average molecular weight is 246 g/mol. The summed E-state index contributed by atoms with van der Waals surface area (Å²) in [6.45, 7) is 0.456. The Bertz CT molecular complexity index is 331. The number of amides is 2. The van der Waals surface area contributed by atoms with E-state index in [1.807, 2.05) is 0 Å². The molecule has 0 saturated carbocycles. The first-order chi connectivity index (χ1) is 7.90. The molecule has 0 spiro atoms. The lowest BCUT2D eigenvalue weighted by molar-refractivity contribution is -0.145. The number of carboxylic acids is 2. The van der Waals surface area contributed by atoms with Crippen molar-refractivity contribution in [3.63, 3.8) is 0 Å². The van der Waals surface area contributed by atoms with Gasteiger partial charge in [0, 0.05) is 13.1 Å². The normalized spacial score (nSPS) is 21.0. The number of hydrogen-bond donors (Lipinski definition) is 4. The van der Waals surface area contributed by atoms with Gasteiger partial charge in [0.15, 0.2) is 0 Å². The minimum Gasteiger partial charge on any atom is -0.481 e. The number of hydrogen-bond acceptors (Lipinski definition) is 4. The third kappa shape index (κ3) is 3.91. The van der Waals surface area contributed by atoms with Crippen LogP contribution >= 0.6 is 0 Å². The van der Waals surface area contributed by atoms with E-state index < -0.39 is 36.5 Å². The van der Waals surface area contributed by atoms with Crippen molar-refractivity contribution in [2.24, 2.45) is 0 Å². The lowest BCUT2D eigenvalue weighted by Crippen LogP contribution is -2.48. The second-order valence-corrected chi connectivity index (χ2v) is 3.83. The minimum atomic E-state index is -1.46. The van der Waals surface area contributed by atoms with E-state index in [9.17, 15) is 19.5 Å². The van der Waals surface area contributed by atoms with Gasteiger partial charge in [0.2, 0.25) is 0 Å². The van der Waals surface area contributed by atoms with Crippen LogP contribution in [0.25, 0.3) is 0 Å². The molecule has 1 saturated heterocycles. The average Bonchev–Trinajstić information content (AvgIpc) is 2.63. The van der Waals surface area contributed by atoms with Crippen LogP contribution in [0, 0.1) is 0 Å². The van der Waals surface area contributed by atoms with Gasteiger partial charge in [0.05, 0.1) is 12.5 Å². The molecule has 17 heavy (non-hydrogen) atoms. The summed E-state index contributed by atoms with van der Waals surface area (Å²) in [5.74, 6) is -2.71. The van der Waals surface area contributed by atoms with Gasteiger partial charge in [-0.3, -0.25) is 4.79 Å². The van der Waals surface area contributed by atoms with Crippen molar-refractivity contribution in [1.82, 2.24) is 10.2 Å². The Balaban J connectivity index is 2.52. The van der Waals surface area contributed by atoms with Gasteiger partial charge in [-0.2, -0.15) is 0 Å². The van der Waals surface area contributed by atoms with E-state index in [0.29, 0.717) is 13.0 Å². The maximum Gasteiger partial charge on any atom is 0.326 e. The first-order valence-electron chi connectivity index (χ1n) is 5.08. The van der Waals surface area contributed by atoms with Crippen LogP contribution in [0.2, 0.25) is 0 Å². The van der Waals surface area contributed by atoms with Gasteiger partial charge >= 0.3 is 18.0 Å². The Morgan fingerprint density at radius 3 is 2.41 bits per heavy atom. The Morgan fingerprint density at radius 1 is 1.35 bits per heavy atom. The Labute approximate surface area is 96.8 Å². The van der Waals surface area contributed by atoms with Crippen LogP contribution in [0.3, 0.4) is 0 Å². The molecule has 96 valence electrons. The fraction of sp³-hybridized carbons (Fsp3) is 0.667. The van der Waals surface area contributed by atoms with Gasteiger partial charge in [-0.05, 0) is 6.42 Å². The standard InChI is InChI=1S/C9H14N2O6/c12-5-1-2-11(4-5)9(17)10-6(8(15)16)3-7(13)14/h5-6,12H,1-4H2,(H,10,17)(H,13,14)(H,15,16)/t5?,6-/m0/s1. The topological polar surface area (TPSA) is 127 Å². The number of β-amino-alcohol motifs (C(OH)–C–C–N with tert-alkyl or cyclic N) is 1. The van der Waals surface area contributed by atoms with Crippen LogP contribution in [-0.2, 0) is 9.59 Å². The molecule has 0 radical (unpaired) electrons. The number of rotatable bonds is 4. The maximum absolute atomic E-state index is 11.5. The van der Waals surface area contributed by atoms with Crippen molar-refractivity contribution < 1.29 is 29.7 Å². The molecule has 1 fully saturated rings. The van der Waals surface area contributed by atoms with Crippen LogP contribution in [0.15, 0.2) is 0 Å². The van der Waals surface area contributed by atoms with Crippen molar-refractivity contribution in [2.75, 3.05) is 13.1 Å². The predicted molar refractivity (Wildman–Crippen MR) is 54.4 cm³/mol. The number of urea groups is 1.